The van der Waals surface area contributed by atoms with Gasteiger partial charge in [-0.25, -0.2) is 4.79 Å². The van der Waals surface area contributed by atoms with Crippen molar-refractivity contribution in [3.63, 3.8) is 0 Å². The summed E-state index contributed by atoms with van der Waals surface area (Å²) in [5.41, 5.74) is 0.963. The molecule has 10 heteroatoms. The molecule has 6 heterocycles. The van der Waals surface area contributed by atoms with Crippen molar-refractivity contribution >= 4 is 17.7 Å². The third-order valence-electron chi connectivity index (χ3n) is 11.7. The van der Waals surface area contributed by atoms with E-state index in [0.29, 0.717) is 25.7 Å². The maximum atomic E-state index is 13.1. The zero-order chi connectivity index (χ0) is 40.7. The molecule has 10 nitrogen and oxygen atoms in total. The lowest BCUT2D eigenvalue weighted by molar-refractivity contribution is -0.156. The fraction of sp³-hybridized carbons (Fsp3) is 0.596. The molecule has 6 aliphatic rings. The second-order valence-corrected chi connectivity index (χ2v) is 16.3. The Bertz CT molecular complexity index is 1580. The molecule has 13 atom stereocenters. The topological polar surface area (TPSA) is 138 Å². The number of unbranched alkanes of at least 4 members (excludes halogenated alkanes) is 1. The first-order chi connectivity index (χ1) is 27.5. The van der Waals surface area contributed by atoms with Crippen LogP contribution < -0.4 is 0 Å². The van der Waals surface area contributed by atoms with Crippen molar-refractivity contribution in [1.82, 2.24) is 0 Å². The van der Waals surface area contributed by atoms with Crippen LogP contribution in [-0.4, -0.2) is 89.0 Å². The van der Waals surface area contributed by atoms with E-state index in [0.717, 1.165) is 37.7 Å². The molecule has 0 aromatic heterocycles. The zero-order valence-electron chi connectivity index (χ0n) is 34.1. The molecule has 7 bridgehead atoms. The van der Waals surface area contributed by atoms with E-state index in [1.165, 1.54) is 6.08 Å². The van der Waals surface area contributed by atoms with Crippen molar-refractivity contribution in [3.05, 3.63) is 96.7 Å². The first-order valence-corrected chi connectivity index (χ1v) is 21.1. The molecule has 6 aliphatic heterocycles. The van der Waals surface area contributed by atoms with Crippen molar-refractivity contribution in [1.29, 1.82) is 0 Å². The highest BCUT2D eigenvalue weighted by molar-refractivity contribution is 5.84. The number of Topliss-reactive ketones (excluding diaryl/α,β-unsaturated/α-hetero) is 1. The highest BCUT2D eigenvalue weighted by Gasteiger charge is 2.45. The van der Waals surface area contributed by atoms with Crippen molar-refractivity contribution in [2.24, 2.45) is 17.8 Å². The van der Waals surface area contributed by atoms with Gasteiger partial charge in [-0.1, -0.05) is 106 Å². The minimum absolute atomic E-state index is 0.0172. The lowest BCUT2D eigenvalue weighted by Crippen LogP contribution is -2.45. The van der Waals surface area contributed by atoms with Crippen LogP contribution >= 0.6 is 0 Å². The summed E-state index contributed by atoms with van der Waals surface area (Å²) >= 11 is 0. The third-order valence-corrected chi connectivity index (χ3v) is 11.7. The monoisotopic (exact) mass is 788 g/mol. The van der Waals surface area contributed by atoms with Crippen molar-refractivity contribution in [3.8, 4) is 0 Å². The number of aliphatic carboxylic acids is 1. The van der Waals surface area contributed by atoms with E-state index in [9.17, 15) is 19.5 Å². The number of hydrogen-bond acceptors (Lipinski definition) is 9. The Balaban J connectivity index is 1.27. The van der Waals surface area contributed by atoms with E-state index >= 15 is 0 Å². The molecule has 312 valence electrons. The Hall–Kier alpha value is -3.67. The molecular weight excluding hydrogens is 725 g/mol. The highest BCUT2D eigenvalue weighted by atomic mass is 16.6. The van der Waals surface area contributed by atoms with Crippen LogP contribution in [0.15, 0.2) is 96.7 Å². The number of ketones is 1. The highest BCUT2D eigenvalue weighted by Crippen LogP contribution is 2.38. The van der Waals surface area contributed by atoms with Gasteiger partial charge in [0.2, 0.25) is 0 Å². The zero-order valence-corrected chi connectivity index (χ0v) is 34.1. The van der Waals surface area contributed by atoms with E-state index in [1.54, 1.807) is 12.2 Å². The second-order valence-electron chi connectivity index (χ2n) is 16.3. The van der Waals surface area contributed by atoms with Crippen LogP contribution in [0.3, 0.4) is 0 Å². The fourth-order valence-corrected chi connectivity index (χ4v) is 8.22. The molecule has 57 heavy (non-hydrogen) atoms. The van der Waals surface area contributed by atoms with Gasteiger partial charge in [0.25, 0.3) is 0 Å². The number of carboxylic acids is 1. The van der Waals surface area contributed by atoms with Gasteiger partial charge in [-0.05, 0) is 63.0 Å². The molecule has 0 aliphatic carbocycles. The maximum Gasteiger partial charge on any atom is 0.331 e. The van der Waals surface area contributed by atoms with Gasteiger partial charge in [0.05, 0.1) is 36.6 Å². The number of ether oxygens (including phenoxy) is 5. The molecule has 0 aromatic rings. The number of aliphatic hydroxyl groups is 1. The normalized spacial score (nSPS) is 37.9. The van der Waals surface area contributed by atoms with Crippen LogP contribution in [0.2, 0.25) is 0 Å². The summed E-state index contributed by atoms with van der Waals surface area (Å²) < 4.78 is 31.5. The predicted octanol–water partition coefficient (Wildman–Crippen LogP) is 8.04. The first kappa shape index (κ1) is 44.4. The minimum atomic E-state index is -0.780. The third kappa shape index (κ3) is 13.7. The van der Waals surface area contributed by atoms with E-state index in [2.05, 4.69) is 44.2 Å². The standard InChI is InChI=1S/C47H64O10/c1-31(18-15-16-24-45(50)51)28-32(2)47-41-27-26-35(53-47)19-11-7-5-6-8-12-20-36(48)43-29-37(49)33(3)38(54-43)22-17-23-39-34(4)42-30-44(55-39)40(56-42)21-13-9-10-14-25-46(52)57-41/h7-14,17,21,23,25-28,31,33-35,37-44,47,49H,5-6,15-16,18-20,22,24,29-30H2,1-4H3,(H,50,51)/b10-9+,11-7+,12-8+,21-13?,23-17?,25-14?,32-28+/t31-,33-,34+,35-,37+,38+,39-,40+,41-,42-,43-,44+,47+/m0/s1. The Labute approximate surface area is 339 Å². The van der Waals surface area contributed by atoms with Crippen LogP contribution in [0.1, 0.15) is 98.3 Å². The molecule has 6 rings (SSSR count). The summed E-state index contributed by atoms with van der Waals surface area (Å²) in [5, 5.41) is 19.8. The molecule has 3 saturated heterocycles. The summed E-state index contributed by atoms with van der Waals surface area (Å²) in [5.74, 6) is -0.995. The van der Waals surface area contributed by atoms with Gasteiger partial charge in [-0.2, -0.15) is 0 Å². The SMILES string of the molecule is C/C(=C\[C@@H](C)CCCCC(=O)O)[C@H]1O[C@@H]2C=C[C@@H]1OC(=O)C=C/C=C/C=C[C@H]1O[C@H]3C[C@H]1O[C@@H](C=CC[C@H]1O[C@@H](C[C@@H](O)[C@@H]1C)C(=O)C/C=C/CC/C=C/C2)[C@H]3C. The lowest BCUT2D eigenvalue weighted by atomic mass is 9.86. The maximum absolute atomic E-state index is 13.1. The van der Waals surface area contributed by atoms with Gasteiger partial charge in [0.15, 0.2) is 11.9 Å². The number of carboxylic acid groups (broad SMARTS) is 1. The summed E-state index contributed by atoms with van der Waals surface area (Å²) in [6, 6.07) is 0. The van der Waals surface area contributed by atoms with Crippen molar-refractivity contribution in [2.75, 3.05) is 0 Å². The largest absolute Gasteiger partial charge is 0.481 e. The minimum Gasteiger partial charge on any atom is -0.481 e. The molecule has 3 fully saturated rings. The predicted molar refractivity (Wildman–Crippen MR) is 219 cm³/mol. The lowest BCUT2D eigenvalue weighted by Gasteiger charge is -2.37. The number of allylic oxidation sites excluding steroid dienone is 8. The molecule has 0 spiro atoms. The average Bonchev–Trinajstić information content (AvgIpc) is 3.53. The number of carbonyl (C=O) groups excluding carboxylic acids is 2. The summed E-state index contributed by atoms with van der Waals surface area (Å²) in [6.07, 6.45) is 32.4. The number of rotatable bonds is 7. The van der Waals surface area contributed by atoms with E-state index in [-0.39, 0.29) is 73.0 Å². The Kier molecular flexibility index (Phi) is 17.5. The van der Waals surface area contributed by atoms with Crippen LogP contribution in [-0.2, 0) is 38.1 Å². The summed E-state index contributed by atoms with van der Waals surface area (Å²) in [6.45, 7) is 8.22. The Morgan fingerprint density at radius 1 is 0.789 bits per heavy atom. The van der Waals surface area contributed by atoms with Gasteiger partial charge in [-0.15, -0.1) is 0 Å². The molecular formula is C47H64O10. The molecule has 0 radical (unpaired) electrons. The van der Waals surface area contributed by atoms with Gasteiger partial charge < -0.3 is 33.9 Å². The Morgan fingerprint density at radius 2 is 1.56 bits per heavy atom. The number of carbonyl (C=O) groups is 3. The number of fused-ring (bicyclic) bond motifs is 13. The first-order valence-electron chi connectivity index (χ1n) is 21.1. The van der Waals surface area contributed by atoms with Crippen LogP contribution in [0.4, 0.5) is 0 Å². The van der Waals surface area contributed by atoms with E-state index < -0.39 is 36.4 Å². The van der Waals surface area contributed by atoms with Crippen LogP contribution in [0.25, 0.3) is 0 Å². The summed E-state index contributed by atoms with van der Waals surface area (Å²) in [7, 11) is 0. The molecule has 2 N–H and O–H groups in total. The van der Waals surface area contributed by atoms with Gasteiger partial charge >= 0.3 is 11.9 Å². The van der Waals surface area contributed by atoms with Crippen LogP contribution in [0.5, 0.6) is 0 Å². The molecule has 0 aromatic carbocycles. The summed E-state index contributed by atoms with van der Waals surface area (Å²) in [4.78, 5) is 37.0. The number of esters is 1. The van der Waals surface area contributed by atoms with Crippen LogP contribution in [0, 0.1) is 17.8 Å². The van der Waals surface area contributed by atoms with Gasteiger partial charge in [-0.3, -0.25) is 9.59 Å². The van der Waals surface area contributed by atoms with Gasteiger partial charge in [0, 0.05) is 43.6 Å². The van der Waals surface area contributed by atoms with Crippen molar-refractivity contribution in [2.45, 2.75) is 159 Å². The van der Waals surface area contributed by atoms with Crippen molar-refractivity contribution < 1.29 is 48.3 Å². The number of aliphatic hydroxyl groups excluding tert-OH is 1. The molecule has 0 saturated carbocycles. The fourth-order valence-electron chi connectivity index (χ4n) is 8.22. The average molecular weight is 789 g/mol. The Morgan fingerprint density at radius 3 is 2.37 bits per heavy atom. The molecule has 0 unspecified atom stereocenters. The number of hydrogen-bond donors (Lipinski definition) is 2. The van der Waals surface area contributed by atoms with Gasteiger partial charge in [0.1, 0.15) is 18.3 Å². The van der Waals surface area contributed by atoms with E-state index in [4.69, 9.17) is 28.8 Å². The second kappa shape index (κ2) is 22.5. The quantitative estimate of drug-likeness (QED) is 0.148. The molecule has 0 amide bonds. The smallest absolute Gasteiger partial charge is 0.331 e. The van der Waals surface area contributed by atoms with E-state index in [1.807, 2.05) is 56.4 Å².